The van der Waals surface area contributed by atoms with Gasteiger partial charge in [0.15, 0.2) is 5.96 Å². The molecule has 0 fully saturated rings. The van der Waals surface area contributed by atoms with Gasteiger partial charge in [0.1, 0.15) is 5.75 Å². The number of carbonyl (C=O) groups excluding carboxylic acids is 1. The van der Waals surface area contributed by atoms with Gasteiger partial charge < -0.3 is 20.3 Å². The molecule has 0 spiro atoms. The molecular formula is C20H25ClN4O2. The number of methoxy groups -OCH3 is 1. The average Bonchev–Trinajstić information content (AvgIpc) is 2.68. The van der Waals surface area contributed by atoms with E-state index in [1.807, 2.05) is 36.4 Å². The van der Waals surface area contributed by atoms with E-state index >= 15 is 0 Å². The van der Waals surface area contributed by atoms with Crippen molar-refractivity contribution >= 4 is 23.5 Å². The summed E-state index contributed by atoms with van der Waals surface area (Å²) in [6.07, 6.45) is 0. The highest BCUT2D eigenvalue weighted by Gasteiger charge is 2.08. The highest BCUT2D eigenvalue weighted by Crippen LogP contribution is 2.22. The number of nitrogens with zero attached hydrogens (tertiary/aromatic N) is 2. The minimum Gasteiger partial charge on any atom is -0.496 e. The Kier molecular flexibility index (Phi) is 7.49. The summed E-state index contributed by atoms with van der Waals surface area (Å²) in [7, 11) is 6.81. The quantitative estimate of drug-likeness (QED) is 0.590. The van der Waals surface area contributed by atoms with Crippen LogP contribution in [0.4, 0.5) is 0 Å². The maximum atomic E-state index is 11.9. The van der Waals surface area contributed by atoms with Crippen molar-refractivity contribution in [3.05, 3.63) is 64.2 Å². The van der Waals surface area contributed by atoms with E-state index in [-0.39, 0.29) is 5.91 Å². The zero-order valence-electron chi connectivity index (χ0n) is 16.0. The van der Waals surface area contributed by atoms with Crippen LogP contribution in [0.3, 0.4) is 0 Å². The van der Waals surface area contributed by atoms with Crippen LogP contribution in [-0.2, 0) is 13.1 Å². The van der Waals surface area contributed by atoms with E-state index in [0.717, 1.165) is 16.9 Å². The Morgan fingerprint density at radius 2 is 1.78 bits per heavy atom. The lowest BCUT2D eigenvalue weighted by atomic mass is 10.1. The van der Waals surface area contributed by atoms with Crippen LogP contribution >= 0.6 is 11.6 Å². The standard InChI is InChI=1S/C20H25ClN4O2/c1-22-20(24-13-16-9-10-17(21)11-18(16)27-4)23-12-14-5-7-15(8-6-14)19(26)25(2)3/h5-11H,12-13H2,1-4H3,(H2,22,23,24). The number of benzene rings is 2. The molecule has 0 radical (unpaired) electrons. The van der Waals surface area contributed by atoms with Gasteiger partial charge >= 0.3 is 0 Å². The second-order valence-corrected chi connectivity index (χ2v) is 6.57. The molecule has 0 saturated carbocycles. The molecule has 0 aliphatic carbocycles. The summed E-state index contributed by atoms with van der Waals surface area (Å²) in [4.78, 5) is 17.7. The fourth-order valence-electron chi connectivity index (χ4n) is 2.47. The lowest BCUT2D eigenvalue weighted by Crippen LogP contribution is -2.36. The van der Waals surface area contributed by atoms with Gasteiger partial charge in [-0.05, 0) is 29.8 Å². The van der Waals surface area contributed by atoms with Crippen LogP contribution in [0.1, 0.15) is 21.5 Å². The molecule has 2 aromatic carbocycles. The third kappa shape index (κ3) is 5.89. The summed E-state index contributed by atoms with van der Waals surface area (Å²) in [6, 6.07) is 13.0. The molecule has 1 amide bonds. The van der Waals surface area contributed by atoms with E-state index in [0.29, 0.717) is 29.6 Å². The van der Waals surface area contributed by atoms with Gasteiger partial charge in [-0.2, -0.15) is 0 Å². The van der Waals surface area contributed by atoms with Crippen LogP contribution in [0, 0.1) is 0 Å². The third-order valence-corrected chi connectivity index (χ3v) is 4.22. The monoisotopic (exact) mass is 388 g/mol. The molecule has 0 aliphatic heterocycles. The number of amides is 1. The molecule has 2 N–H and O–H groups in total. The SMILES string of the molecule is CN=C(NCc1ccc(C(=O)N(C)C)cc1)NCc1ccc(Cl)cc1OC. The molecule has 0 saturated heterocycles. The van der Waals surface area contributed by atoms with E-state index in [1.54, 1.807) is 39.2 Å². The normalized spacial score (nSPS) is 11.1. The van der Waals surface area contributed by atoms with E-state index in [4.69, 9.17) is 16.3 Å². The molecule has 2 aromatic rings. The summed E-state index contributed by atoms with van der Waals surface area (Å²) in [5.74, 6) is 1.39. The van der Waals surface area contributed by atoms with Crippen molar-refractivity contribution in [3.8, 4) is 5.75 Å². The third-order valence-electron chi connectivity index (χ3n) is 3.99. The second kappa shape index (κ2) is 9.83. The Labute approximate surface area is 165 Å². The Morgan fingerprint density at radius 1 is 1.11 bits per heavy atom. The molecule has 0 unspecified atom stereocenters. The maximum absolute atomic E-state index is 11.9. The van der Waals surface area contributed by atoms with Crippen LogP contribution in [0.25, 0.3) is 0 Å². The summed E-state index contributed by atoms with van der Waals surface area (Å²) >= 11 is 5.99. The van der Waals surface area contributed by atoms with E-state index in [9.17, 15) is 4.79 Å². The Morgan fingerprint density at radius 3 is 2.37 bits per heavy atom. The van der Waals surface area contributed by atoms with Gasteiger partial charge in [0, 0.05) is 50.4 Å². The summed E-state index contributed by atoms with van der Waals surface area (Å²) < 4.78 is 5.35. The van der Waals surface area contributed by atoms with Crippen LogP contribution in [0.15, 0.2) is 47.5 Å². The molecule has 2 rings (SSSR count). The predicted octanol–water partition coefficient (Wildman–Crippen LogP) is 2.92. The number of aliphatic imine (C=N–C) groups is 1. The average molecular weight is 389 g/mol. The molecular weight excluding hydrogens is 364 g/mol. The molecule has 6 nitrogen and oxygen atoms in total. The van der Waals surface area contributed by atoms with Crippen LogP contribution in [0.5, 0.6) is 5.75 Å². The molecule has 0 aromatic heterocycles. The van der Waals surface area contributed by atoms with Crippen molar-refractivity contribution in [1.29, 1.82) is 0 Å². The minimum absolute atomic E-state index is 0.0103. The molecule has 144 valence electrons. The van der Waals surface area contributed by atoms with Crippen LogP contribution in [-0.4, -0.2) is 45.0 Å². The summed E-state index contributed by atoms with van der Waals surface area (Å²) in [5, 5.41) is 7.14. The van der Waals surface area contributed by atoms with Gasteiger partial charge in [0.05, 0.1) is 7.11 Å². The van der Waals surface area contributed by atoms with Gasteiger partial charge in [-0.15, -0.1) is 0 Å². The summed E-state index contributed by atoms with van der Waals surface area (Å²) in [5.41, 5.74) is 2.70. The first-order chi connectivity index (χ1) is 12.9. The van der Waals surface area contributed by atoms with E-state index < -0.39 is 0 Å². The number of carbonyl (C=O) groups is 1. The van der Waals surface area contributed by atoms with E-state index in [2.05, 4.69) is 15.6 Å². The number of hydrogen-bond donors (Lipinski definition) is 2. The van der Waals surface area contributed by atoms with Crippen molar-refractivity contribution in [1.82, 2.24) is 15.5 Å². The zero-order valence-corrected chi connectivity index (χ0v) is 16.8. The second-order valence-electron chi connectivity index (χ2n) is 6.13. The molecule has 7 heteroatoms. The number of hydrogen-bond acceptors (Lipinski definition) is 3. The predicted molar refractivity (Wildman–Crippen MR) is 110 cm³/mol. The van der Waals surface area contributed by atoms with Crippen LogP contribution in [0.2, 0.25) is 5.02 Å². The van der Waals surface area contributed by atoms with Gasteiger partial charge in [-0.1, -0.05) is 29.8 Å². The molecule has 0 atom stereocenters. The smallest absolute Gasteiger partial charge is 0.253 e. The maximum Gasteiger partial charge on any atom is 0.253 e. The lowest BCUT2D eigenvalue weighted by Gasteiger charge is -2.14. The number of ether oxygens (including phenoxy) is 1. The first kappa shape index (κ1) is 20.6. The van der Waals surface area contributed by atoms with Gasteiger partial charge in [0.2, 0.25) is 0 Å². The Hall–Kier alpha value is -2.73. The highest BCUT2D eigenvalue weighted by molar-refractivity contribution is 6.30. The van der Waals surface area contributed by atoms with Crippen molar-refractivity contribution in [2.75, 3.05) is 28.3 Å². The number of rotatable bonds is 6. The molecule has 0 heterocycles. The van der Waals surface area contributed by atoms with Crippen LogP contribution < -0.4 is 15.4 Å². The number of halogens is 1. The summed E-state index contributed by atoms with van der Waals surface area (Å²) in [6.45, 7) is 1.14. The molecule has 0 aliphatic rings. The van der Waals surface area contributed by atoms with E-state index in [1.165, 1.54) is 0 Å². The first-order valence-corrected chi connectivity index (χ1v) is 8.90. The largest absolute Gasteiger partial charge is 0.496 e. The molecule has 0 bridgehead atoms. The van der Waals surface area contributed by atoms with Gasteiger partial charge in [0.25, 0.3) is 5.91 Å². The minimum atomic E-state index is -0.0103. The fraction of sp³-hybridized carbons (Fsp3) is 0.300. The molecule has 27 heavy (non-hydrogen) atoms. The number of nitrogens with one attached hydrogen (secondary N) is 2. The Balaban J connectivity index is 1.91. The van der Waals surface area contributed by atoms with Crippen molar-refractivity contribution in [2.45, 2.75) is 13.1 Å². The first-order valence-electron chi connectivity index (χ1n) is 8.52. The topological polar surface area (TPSA) is 66.0 Å². The van der Waals surface area contributed by atoms with Crippen molar-refractivity contribution in [3.63, 3.8) is 0 Å². The number of guanidine groups is 1. The highest BCUT2D eigenvalue weighted by atomic mass is 35.5. The van der Waals surface area contributed by atoms with Gasteiger partial charge in [-0.3, -0.25) is 9.79 Å². The fourth-order valence-corrected chi connectivity index (χ4v) is 2.64. The van der Waals surface area contributed by atoms with Crippen molar-refractivity contribution < 1.29 is 9.53 Å². The van der Waals surface area contributed by atoms with Crippen molar-refractivity contribution in [2.24, 2.45) is 4.99 Å². The Bertz CT molecular complexity index is 804. The van der Waals surface area contributed by atoms with Gasteiger partial charge in [-0.25, -0.2) is 0 Å². The lowest BCUT2D eigenvalue weighted by molar-refractivity contribution is 0.0827. The zero-order chi connectivity index (χ0) is 19.8.